The number of aromatic nitrogens is 1. The zero-order chi connectivity index (χ0) is 25.9. The molecule has 196 valence electrons. The van der Waals surface area contributed by atoms with E-state index >= 15 is 0 Å². The molecule has 0 amide bonds. The van der Waals surface area contributed by atoms with E-state index in [9.17, 15) is 4.79 Å². The number of carbonyl (C=O) groups excluding carboxylic acids is 1. The molecule has 36 heavy (non-hydrogen) atoms. The van der Waals surface area contributed by atoms with Gasteiger partial charge in [-0.3, -0.25) is 4.79 Å². The Labute approximate surface area is 220 Å². The van der Waals surface area contributed by atoms with Gasteiger partial charge < -0.3 is 4.90 Å². The normalized spacial score (nSPS) is 23.1. The monoisotopic (exact) mass is 488 g/mol. The highest BCUT2D eigenvalue weighted by Crippen LogP contribution is 2.39. The van der Waals surface area contributed by atoms with Gasteiger partial charge in [-0.25, -0.2) is 4.98 Å². The van der Waals surface area contributed by atoms with Crippen molar-refractivity contribution in [2.75, 3.05) is 18.0 Å². The summed E-state index contributed by atoms with van der Waals surface area (Å²) >= 11 is 0. The number of hydrogen-bond donors (Lipinski definition) is 0. The van der Waals surface area contributed by atoms with E-state index in [1.54, 1.807) is 0 Å². The Morgan fingerprint density at radius 1 is 1.22 bits per heavy atom. The highest BCUT2D eigenvalue weighted by Gasteiger charge is 2.34. The summed E-state index contributed by atoms with van der Waals surface area (Å²) in [7, 11) is 0. The summed E-state index contributed by atoms with van der Waals surface area (Å²) in [4.78, 5) is 20.2. The zero-order valence-electron chi connectivity index (χ0n) is 23.2. The first-order valence-corrected chi connectivity index (χ1v) is 14.5. The average molecular weight is 489 g/mol. The van der Waals surface area contributed by atoms with E-state index in [0.29, 0.717) is 30.0 Å². The molecule has 2 aliphatic rings. The van der Waals surface area contributed by atoms with Crippen LogP contribution in [0.1, 0.15) is 96.9 Å². The van der Waals surface area contributed by atoms with Crippen LogP contribution in [0.25, 0.3) is 12.2 Å². The molecule has 3 nitrogen and oxygen atoms in total. The summed E-state index contributed by atoms with van der Waals surface area (Å²) in [5, 5.41) is 0. The maximum Gasteiger partial charge on any atom is 0.162 e. The second-order valence-electron chi connectivity index (χ2n) is 10.7. The number of pyridine rings is 1. The summed E-state index contributed by atoms with van der Waals surface area (Å²) in [5.74, 6) is 3.07. The first-order chi connectivity index (χ1) is 17.5. The minimum Gasteiger partial charge on any atom is -0.369 e. The van der Waals surface area contributed by atoms with Crippen molar-refractivity contribution in [3.05, 3.63) is 60.0 Å². The lowest BCUT2D eigenvalue weighted by molar-refractivity contribution is -0.115. The smallest absolute Gasteiger partial charge is 0.162 e. The van der Waals surface area contributed by atoms with Crippen molar-refractivity contribution in [2.45, 2.75) is 85.5 Å². The van der Waals surface area contributed by atoms with E-state index in [4.69, 9.17) is 4.98 Å². The summed E-state index contributed by atoms with van der Waals surface area (Å²) in [6.45, 7) is 15.1. The summed E-state index contributed by atoms with van der Waals surface area (Å²) in [5.41, 5.74) is 4.13. The third-order valence-corrected chi connectivity index (χ3v) is 8.39. The molecular formula is C33H48N2O. The molecule has 3 unspecified atom stereocenters. The predicted octanol–water partition coefficient (Wildman–Crippen LogP) is 8.68. The fraction of sp³-hybridized carbons (Fsp3) is 0.576. The highest BCUT2D eigenvalue weighted by atomic mass is 16.1. The topological polar surface area (TPSA) is 33.2 Å². The molecule has 1 fully saturated rings. The minimum atomic E-state index is 0.337. The molecule has 4 atom stereocenters. The molecular weight excluding hydrogens is 440 g/mol. The van der Waals surface area contributed by atoms with Crippen molar-refractivity contribution >= 4 is 23.6 Å². The quantitative estimate of drug-likeness (QED) is 0.278. The van der Waals surface area contributed by atoms with Crippen molar-refractivity contribution in [3.8, 4) is 0 Å². The van der Waals surface area contributed by atoms with Gasteiger partial charge in [0.2, 0.25) is 0 Å². The molecule has 3 rings (SSSR count). The number of rotatable bonds is 13. The van der Waals surface area contributed by atoms with Crippen molar-refractivity contribution in [3.63, 3.8) is 0 Å². The Hall–Kier alpha value is -2.42. The number of anilines is 1. The molecule has 0 spiro atoms. The standard InChI is InChI=1S/C33H48N2O/c1-6-12-27(14-11-15-33(36)28-18-16-25(8-3)17-19-28)30-22-23-35(24-26(30)9-4)32-21-20-29(13-7-2)34-31(32)10-5/h7,10,13,16,18-21,25-27,30H,5-6,8-9,11-12,14-15,17,22-24H2,1-4H3/b13-7+/t25?,26-,27?,30?/m0/s1. The van der Waals surface area contributed by atoms with Crippen LogP contribution in [0.4, 0.5) is 5.69 Å². The number of hydrogen-bond acceptors (Lipinski definition) is 3. The Bertz CT molecular complexity index is 956. The van der Waals surface area contributed by atoms with Crippen LogP contribution in [-0.2, 0) is 4.79 Å². The molecule has 0 aromatic carbocycles. The highest BCUT2D eigenvalue weighted by molar-refractivity contribution is 5.98. The number of allylic oxidation sites excluding steroid dienone is 5. The Balaban J connectivity index is 1.61. The van der Waals surface area contributed by atoms with Crippen LogP contribution in [0.15, 0.2) is 48.6 Å². The third kappa shape index (κ3) is 7.31. The Morgan fingerprint density at radius 3 is 2.69 bits per heavy atom. The maximum absolute atomic E-state index is 12.8. The average Bonchev–Trinajstić information content (AvgIpc) is 2.92. The van der Waals surface area contributed by atoms with Crippen LogP contribution < -0.4 is 4.90 Å². The molecule has 0 saturated carbocycles. The van der Waals surface area contributed by atoms with Crippen LogP contribution in [-0.4, -0.2) is 23.9 Å². The van der Waals surface area contributed by atoms with E-state index in [0.717, 1.165) is 55.2 Å². The fourth-order valence-corrected chi connectivity index (χ4v) is 6.27. The lowest BCUT2D eigenvalue weighted by Gasteiger charge is -2.43. The van der Waals surface area contributed by atoms with Gasteiger partial charge in [0.25, 0.3) is 0 Å². The summed E-state index contributed by atoms with van der Waals surface area (Å²) < 4.78 is 0. The van der Waals surface area contributed by atoms with Gasteiger partial charge in [0.15, 0.2) is 5.78 Å². The zero-order valence-corrected chi connectivity index (χ0v) is 23.2. The predicted molar refractivity (Wildman–Crippen MR) is 156 cm³/mol. The van der Waals surface area contributed by atoms with Crippen molar-refractivity contribution in [1.29, 1.82) is 0 Å². The van der Waals surface area contributed by atoms with Gasteiger partial charge >= 0.3 is 0 Å². The molecule has 1 aromatic heterocycles. The first kappa shape index (κ1) is 28.2. The van der Waals surface area contributed by atoms with Gasteiger partial charge in [-0.1, -0.05) is 70.9 Å². The molecule has 0 N–H and O–H groups in total. The van der Waals surface area contributed by atoms with Crippen LogP contribution in [0.5, 0.6) is 0 Å². The Kier molecular flexibility index (Phi) is 11.2. The number of nitrogens with zero attached hydrogens (tertiary/aromatic N) is 2. The largest absolute Gasteiger partial charge is 0.369 e. The van der Waals surface area contributed by atoms with Gasteiger partial charge in [-0.15, -0.1) is 0 Å². The molecule has 0 radical (unpaired) electrons. The SMILES string of the molecule is C=Cc1nc(/C=C/C)ccc1N1CCC(C(CCC)CCCC(=O)C2=CCC(CC)C=C2)[C@@H](CC)C1. The molecule has 0 bridgehead atoms. The van der Waals surface area contributed by atoms with Gasteiger partial charge in [-0.2, -0.15) is 0 Å². The second-order valence-corrected chi connectivity index (χ2v) is 10.7. The number of piperidine rings is 1. The molecule has 1 aliphatic carbocycles. The minimum absolute atomic E-state index is 0.337. The molecule has 1 aromatic rings. The molecule has 2 heterocycles. The lowest BCUT2D eigenvalue weighted by Crippen LogP contribution is -2.43. The van der Waals surface area contributed by atoms with Gasteiger partial charge in [-0.05, 0) is 87.0 Å². The number of ketones is 1. The molecule has 1 saturated heterocycles. The number of Topliss-reactive ketones (excluding diaryl/α,β-unsaturated/α-hetero) is 1. The molecule has 1 aliphatic heterocycles. The van der Waals surface area contributed by atoms with E-state index < -0.39 is 0 Å². The van der Waals surface area contributed by atoms with Crippen LogP contribution in [0.2, 0.25) is 0 Å². The van der Waals surface area contributed by atoms with Crippen molar-refractivity contribution in [1.82, 2.24) is 4.98 Å². The van der Waals surface area contributed by atoms with Crippen molar-refractivity contribution < 1.29 is 4.79 Å². The van der Waals surface area contributed by atoms with Gasteiger partial charge in [0.05, 0.1) is 17.1 Å². The van der Waals surface area contributed by atoms with E-state index in [1.807, 2.05) is 25.2 Å². The Morgan fingerprint density at radius 2 is 2.06 bits per heavy atom. The summed E-state index contributed by atoms with van der Waals surface area (Å²) in [6, 6.07) is 4.34. The lowest BCUT2D eigenvalue weighted by atomic mass is 9.72. The fourth-order valence-electron chi connectivity index (χ4n) is 6.27. The third-order valence-electron chi connectivity index (χ3n) is 8.39. The van der Waals surface area contributed by atoms with E-state index in [-0.39, 0.29) is 0 Å². The summed E-state index contributed by atoms with van der Waals surface area (Å²) in [6.07, 6.45) is 22.4. The number of carbonyl (C=O) groups is 1. The van der Waals surface area contributed by atoms with Gasteiger partial charge in [0, 0.05) is 25.1 Å². The van der Waals surface area contributed by atoms with Crippen molar-refractivity contribution in [2.24, 2.45) is 23.7 Å². The van der Waals surface area contributed by atoms with Crippen LogP contribution in [0, 0.1) is 23.7 Å². The van der Waals surface area contributed by atoms with Crippen LogP contribution >= 0.6 is 0 Å². The van der Waals surface area contributed by atoms with Crippen LogP contribution in [0.3, 0.4) is 0 Å². The van der Waals surface area contributed by atoms with E-state index in [2.05, 4.69) is 62.6 Å². The first-order valence-electron chi connectivity index (χ1n) is 14.5. The van der Waals surface area contributed by atoms with E-state index in [1.165, 1.54) is 37.8 Å². The maximum atomic E-state index is 12.8. The molecule has 3 heteroatoms. The van der Waals surface area contributed by atoms with Gasteiger partial charge in [0.1, 0.15) is 0 Å². The second kappa shape index (κ2) is 14.4.